The molecule has 7 heteroatoms. The molecule has 1 saturated heterocycles. The molecule has 1 aromatic carbocycles. The molecule has 0 aliphatic carbocycles. The van der Waals surface area contributed by atoms with Crippen molar-refractivity contribution in [1.82, 2.24) is 19.8 Å². The van der Waals surface area contributed by atoms with Gasteiger partial charge in [-0.25, -0.2) is 9.97 Å². The minimum Gasteiger partial charge on any atom is -0.467 e. The molecule has 28 heavy (non-hydrogen) atoms. The van der Waals surface area contributed by atoms with Crippen molar-refractivity contribution in [1.29, 1.82) is 0 Å². The Bertz CT molecular complexity index is 873. The molecular weight excluding hydrogens is 354 g/mol. The quantitative estimate of drug-likeness (QED) is 0.712. The molecule has 1 N–H and O–H groups in total. The van der Waals surface area contributed by atoms with E-state index in [0.717, 1.165) is 25.4 Å². The maximum Gasteiger partial charge on any atom is 0.257 e. The summed E-state index contributed by atoms with van der Waals surface area (Å²) in [7, 11) is 0. The first-order valence-electron chi connectivity index (χ1n) is 9.42. The second-order valence-electron chi connectivity index (χ2n) is 6.78. The molecule has 4 rings (SSSR count). The number of benzene rings is 1. The highest BCUT2D eigenvalue weighted by Gasteiger charge is 2.22. The van der Waals surface area contributed by atoms with E-state index in [2.05, 4.69) is 44.5 Å². The third kappa shape index (κ3) is 4.55. The van der Waals surface area contributed by atoms with Gasteiger partial charge in [0.2, 0.25) is 5.95 Å². The van der Waals surface area contributed by atoms with E-state index in [4.69, 9.17) is 4.42 Å². The van der Waals surface area contributed by atoms with E-state index >= 15 is 0 Å². The first-order valence-corrected chi connectivity index (χ1v) is 9.42. The lowest BCUT2D eigenvalue weighted by molar-refractivity contribution is 0.0627. The predicted molar refractivity (Wildman–Crippen MR) is 106 cm³/mol. The number of carbonyl (C=O) groups is 1. The molecule has 1 aliphatic heterocycles. The summed E-state index contributed by atoms with van der Waals surface area (Å²) in [6, 6.07) is 14.1. The Morgan fingerprint density at radius 2 is 1.75 bits per heavy atom. The predicted octanol–water partition coefficient (Wildman–Crippen LogP) is 2.64. The van der Waals surface area contributed by atoms with Crippen LogP contribution < -0.4 is 5.32 Å². The van der Waals surface area contributed by atoms with Gasteiger partial charge in [-0.15, -0.1) is 0 Å². The number of anilines is 1. The van der Waals surface area contributed by atoms with Crippen LogP contribution in [0.5, 0.6) is 0 Å². The topological polar surface area (TPSA) is 74.5 Å². The standard InChI is InChI=1S/C21H23N5O2/c27-20(18-13-22-21(23-14-18)24-15-19-7-4-12-28-19)26-10-8-25(9-11-26)16-17-5-2-1-3-6-17/h1-7,12-14H,8-11,15-16H2,(H,22,23,24). The zero-order chi connectivity index (χ0) is 19.2. The number of aromatic nitrogens is 2. The van der Waals surface area contributed by atoms with Gasteiger partial charge in [-0.3, -0.25) is 9.69 Å². The largest absolute Gasteiger partial charge is 0.467 e. The number of piperazine rings is 1. The van der Waals surface area contributed by atoms with Crippen molar-refractivity contribution in [2.75, 3.05) is 31.5 Å². The third-order valence-corrected chi connectivity index (χ3v) is 4.81. The van der Waals surface area contributed by atoms with E-state index < -0.39 is 0 Å². The lowest BCUT2D eigenvalue weighted by Gasteiger charge is -2.34. The summed E-state index contributed by atoms with van der Waals surface area (Å²) in [5, 5.41) is 3.07. The van der Waals surface area contributed by atoms with E-state index in [1.165, 1.54) is 5.56 Å². The molecule has 0 saturated carbocycles. The molecule has 1 amide bonds. The van der Waals surface area contributed by atoms with E-state index in [9.17, 15) is 4.79 Å². The number of hydrogen-bond acceptors (Lipinski definition) is 6. The molecule has 0 unspecified atom stereocenters. The number of nitrogens with zero attached hydrogens (tertiary/aromatic N) is 4. The number of hydrogen-bond donors (Lipinski definition) is 1. The van der Waals surface area contributed by atoms with Crippen LogP contribution in [-0.4, -0.2) is 51.9 Å². The lowest BCUT2D eigenvalue weighted by atomic mass is 10.2. The summed E-state index contributed by atoms with van der Waals surface area (Å²) in [6.45, 7) is 4.58. The van der Waals surface area contributed by atoms with Gasteiger partial charge in [0.25, 0.3) is 5.91 Å². The Morgan fingerprint density at radius 1 is 1.00 bits per heavy atom. The van der Waals surface area contributed by atoms with Crippen LogP contribution in [0.3, 0.4) is 0 Å². The highest BCUT2D eigenvalue weighted by molar-refractivity contribution is 5.93. The summed E-state index contributed by atoms with van der Waals surface area (Å²) in [4.78, 5) is 25.4. The summed E-state index contributed by atoms with van der Waals surface area (Å²) in [5.41, 5.74) is 1.81. The van der Waals surface area contributed by atoms with Gasteiger partial charge in [0.15, 0.2) is 0 Å². The van der Waals surface area contributed by atoms with Gasteiger partial charge in [-0.2, -0.15) is 0 Å². The smallest absolute Gasteiger partial charge is 0.257 e. The molecule has 7 nitrogen and oxygen atoms in total. The van der Waals surface area contributed by atoms with Gasteiger partial charge in [-0.1, -0.05) is 30.3 Å². The van der Waals surface area contributed by atoms with Gasteiger partial charge in [0, 0.05) is 45.1 Å². The molecule has 2 aromatic heterocycles. The number of amides is 1. The van der Waals surface area contributed by atoms with Crippen LogP contribution in [-0.2, 0) is 13.1 Å². The minimum atomic E-state index is -0.0167. The van der Waals surface area contributed by atoms with Gasteiger partial charge in [0.05, 0.1) is 18.4 Å². The molecule has 144 valence electrons. The van der Waals surface area contributed by atoms with Gasteiger partial charge < -0.3 is 14.6 Å². The van der Waals surface area contributed by atoms with Crippen molar-refractivity contribution in [3.05, 3.63) is 78.0 Å². The summed E-state index contributed by atoms with van der Waals surface area (Å²) in [5.74, 6) is 1.26. The average Bonchev–Trinajstić information content (AvgIpc) is 3.27. The molecule has 3 heterocycles. The Kier molecular flexibility index (Phi) is 5.63. The Morgan fingerprint density at radius 3 is 2.43 bits per heavy atom. The van der Waals surface area contributed by atoms with Crippen molar-refractivity contribution < 1.29 is 9.21 Å². The van der Waals surface area contributed by atoms with Crippen molar-refractivity contribution in [2.45, 2.75) is 13.1 Å². The first kappa shape index (κ1) is 18.2. The van der Waals surface area contributed by atoms with E-state index in [1.54, 1.807) is 18.7 Å². The maximum atomic E-state index is 12.7. The first-order chi connectivity index (χ1) is 13.8. The van der Waals surface area contributed by atoms with Gasteiger partial charge in [-0.05, 0) is 17.7 Å². The monoisotopic (exact) mass is 377 g/mol. The van der Waals surface area contributed by atoms with Crippen LogP contribution in [0.25, 0.3) is 0 Å². The van der Waals surface area contributed by atoms with E-state index in [1.807, 2.05) is 23.1 Å². The molecule has 1 aliphatic rings. The zero-order valence-electron chi connectivity index (χ0n) is 15.6. The highest BCUT2D eigenvalue weighted by atomic mass is 16.3. The molecule has 0 atom stereocenters. The van der Waals surface area contributed by atoms with Crippen molar-refractivity contribution in [3.63, 3.8) is 0 Å². The van der Waals surface area contributed by atoms with Crippen molar-refractivity contribution in [3.8, 4) is 0 Å². The fourth-order valence-electron chi connectivity index (χ4n) is 3.24. The zero-order valence-corrected chi connectivity index (χ0v) is 15.6. The third-order valence-electron chi connectivity index (χ3n) is 4.81. The summed E-state index contributed by atoms with van der Waals surface area (Å²) < 4.78 is 5.26. The molecule has 0 radical (unpaired) electrons. The SMILES string of the molecule is O=C(c1cnc(NCc2ccco2)nc1)N1CCN(Cc2ccccc2)CC1. The van der Waals surface area contributed by atoms with Crippen molar-refractivity contribution in [2.24, 2.45) is 0 Å². The number of nitrogens with one attached hydrogen (secondary N) is 1. The van der Waals surface area contributed by atoms with Crippen LogP contribution >= 0.6 is 0 Å². The van der Waals surface area contributed by atoms with Gasteiger partial charge >= 0.3 is 0 Å². The van der Waals surface area contributed by atoms with E-state index in [0.29, 0.717) is 31.1 Å². The Labute approximate surface area is 164 Å². The molecule has 0 spiro atoms. The van der Waals surface area contributed by atoms with Crippen LogP contribution in [0.1, 0.15) is 21.7 Å². The fraction of sp³-hybridized carbons (Fsp3) is 0.286. The van der Waals surface area contributed by atoms with E-state index in [-0.39, 0.29) is 5.91 Å². The summed E-state index contributed by atoms with van der Waals surface area (Å²) in [6.07, 6.45) is 4.78. The van der Waals surface area contributed by atoms with Crippen LogP contribution in [0.4, 0.5) is 5.95 Å². The average molecular weight is 377 g/mol. The van der Waals surface area contributed by atoms with Gasteiger partial charge in [0.1, 0.15) is 5.76 Å². The Hall–Kier alpha value is -3.19. The molecule has 3 aromatic rings. The Balaban J connectivity index is 1.27. The van der Waals surface area contributed by atoms with Crippen molar-refractivity contribution >= 4 is 11.9 Å². The number of carbonyl (C=O) groups excluding carboxylic acids is 1. The van der Waals surface area contributed by atoms with Crippen LogP contribution in [0, 0.1) is 0 Å². The molecule has 1 fully saturated rings. The second kappa shape index (κ2) is 8.67. The molecule has 0 bridgehead atoms. The maximum absolute atomic E-state index is 12.7. The van der Waals surface area contributed by atoms with Crippen LogP contribution in [0.2, 0.25) is 0 Å². The lowest BCUT2D eigenvalue weighted by Crippen LogP contribution is -2.48. The number of furan rings is 1. The highest BCUT2D eigenvalue weighted by Crippen LogP contribution is 2.12. The fourth-order valence-corrected chi connectivity index (χ4v) is 3.24. The normalized spacial score (nSPS) is 14.8. The second-order valence-corrected chi connectivity index (χ2v) is 6.78. The molecular formula is C21H23N5O2. The number of rotatable bonds is 6. The minimum absolute atomic E-state index is 0.0167. The van der Waals surface area contributed by atoms with Crippen LogP contribution in [0.15, 0.2) is 65.5 Å². The summed E-state index contributed by atoms with van der Waals surface area (Å²) >= 11 is 0.